The fourth-order valence-electron chi connectivity index (χ4n) is 1.63. The van der Waals surface area contributed by atoms with Crippen LogP contribution in [0.2, 0.25) is 0 Å². The summed E-state index contributed by atoms with van der Waals surface area (Å²) in [7, 11) is 2.90. The molecule has 20 heavy (non-hydrogen) atoms. The summed E-state index contributed by atoms with van der Waals surface area (Å²) in [6.45, 7) is 2.06. The van der Waals surface area contributed by atoms with Crippen molar-refractivity contribution in [2.45, 2.75) is 19.0 Å². The van der Waals surface area contributed by atoms with Crippen molar-refractivity contribution < 1.29 is 14.3 Å². The molecule has 0 unspecified atom stereocenters. The average Bonchev–Trinajstić information content (AvgIpc) is 2.50. The lowest BCUT2D eigenvalue weighted by Crippen LogP contribution is -2.52. The van der Waals surface area contributed by atoms with E-state index in [4.69, 9.17) is 15.0 Å². The monoisotopic (exact) mass is 278 g/mol. The van der Waals surface area contributed by atoms with Crippen LogP contribution in [0.1, 0.15) is 12.5 Å². The molecule has 0 spiro atoms. The second-order valence-corrected chi connectivity index (χ2v) is 4.41. The van der Waals surface area contributed by atoms with Gasteiger partial charge < -0.3 is 9.47 Å². The zero-order valence-corrected chi connectivity index (χ0v) is 11.8. The molecule has 0 aliphatic rings. The van der Waals surface area contributed by atoms with Gasteiger partial charge in [-0.25, -0.2) is 0 Å². The highest BCUT2D eigenvalue weighted by Crippen LogP contribution is 2.13. The van der Waals surface area contributed by atoms with Gasteiger partial charge in [0.15, 0.2) is 0 Å². The Labute approximate surface area is 117 Å². The Morgan fingerprint density at radius 1 is 1.40 bits per heavy atom. The van der Waals surface area contributed by atoms with Crippen LogP contribution in [0.5, 0.6) is 5.75 Å². The lowest BCUT2D eigenvalue weighted by Gasteiger charge is -2.26. The van der Waals surface area contributed by atoms with Crippen molar-refractivity contribution in [2.75, 3.05) is 20.8 Å². The summed E-state index contributed by atoms with van der Waals surface area (Å²) in [5, 5.41) is 6.50. The van der Waals surface area contributed by atoms with E-state index in [1.807, 2.05) is 24.3 Å². The molecular formula is C13H18N4O3. The van der Waals surface area contributed by atoms with Crippen LogP contribution in [0.3, 0.4) is 0 Å². The van der Waals surface area contributed by atoms with Crippen LogP contribution < -0.4 is 10.1 Å². The molecule has 1 aromatic carbocycles. The van der Waals surface area contributed by atoms with E-state index in [0.717, 1.165) is 11.3 Å². The number of nitrogens with one attached hydrogen (secondary N) is 1. The Morgan fingerprint density at radius 2 is 2.05 bits per heavy atom. The molecule has 7 heteroatoms. The van der Waals surface area contributed by atoms with Crippen LogP contribution in [-0.2, 0) is 16.1 Å². The summed E-state index contributed by atoms with van der Waals surface area (Å²) in [6.07, 6.45) is 0. The van der Waals surface area contributed by atoms with Crippen molar-refractivity contribution in [3.8, 4) is 5.75 Å². The smallest absolute Gasteiger partial charge is 0.325 e. The zero-order valence-electron chi connectivity index (χ0n) is 11.8. The van der Waals surface area contributed by atoms with Gasteiger partial charge in [0.25, 0.3) is 0 Å². The van der Waals surface area contributed by atoms with Crippen LogP contribution in [0, 0.1) is 0 Å². The molecule has 0 aliphatic heterocycles. The van der Waals surface area contributed by atoms with E-state index in [-0.39, 0.29) is 6.54 Å². The van der Waals surface area contributed by atoms with Crippen molar-refractivity contribution in [3.05, 3.63) is 40.3 Å². The summed E-state index contributed by atoms with van der Waals surface area (Å²) >= 11 is 0. The maximum Gasteiger partial charge on any atom is 0.325 e. The number of esters is 1. The number of hydrogen-bond acceptors (Lipinski definition) is 5. The number of rotatable bonds is 7. The standard InChI is InChI=1S/C13H18N4O3/c1-13(9-16-17-14,12(18)20-3)15-8-10-4-6-11(19-2)7-5-10/h4-7,15H,8-9H2,1-3H3/t13-/m1/s1. The summed E-state index contributed by atoms with van der Waals surface area (Å²) in [5.41, 5.74) is 8.31. The second kappa shape index (κ2) is 7.37. The van der Waals surface area contributed by atoms with Gasteiger partial charge in [-0.15, -0.1) is 0 Å². The number of hydrogen-bond donors (Lipinski definition) is 1. The Kier molecular flexibility index (Phi) is 5.83. The number of nitrogens with zero attached hydrogens (tertiary/aromatic N) is 3. The van der Waals surface area contributed by atoms with E-state index in [1.165, 1.54) is 7.11 Å². The molecule has 7 nitrogen and oxygen atoms in total. The minimum atomic E-state index is -1.05. The Balaban J connectivity index is 2.74. The molecule has 1 aromatic rings. The van der Waals surface area contributed by atoms with Crippen LogP contribution in [0.15, 0.2) is 29.4 Å². The highest BCUT2D eigenvalue weighted by atomic mass is 16.5. The molecule has 0 saturated carbocycles. The van der Waals surface area contributed by atoms with E-state index in [0.29, 0.717) is 6.54 Å². The number of carbonyl (C=O) groups is 1. The first-order chi connectivity index (χ1) is 9.55. The van der Waals surface area contributed by atoms with Gasteiger partial charge in [-0.2, -0.15) is 0 Å². The van der Waals surface area contributed by atoms with E-state index < -0.39 is 11.5 Å². The Hall–Kier alpha value is -2.24. The summed E-state index contributed by atoms with van der Waals surface area (Å²) < 4.78 is 9.81. The highest BCUT2D eigenvalue weighted by Gasteiger charge is 2.33. The predicted molar refractivity (Wildman–Crippen MR) is 74.3 cm³/mol. The third kappa shape index (κ3) is 4.15. The van der Waals surface area contributed by atoms with E-state index in [2.05, 4.69) is 15.3 Å². The van der Waals surface area contributed by atoms with Gasteiger partial charge in [0, 0.05) is 11.5 Å². The average molecular weight is 278 g/mol. The molecule has 108 valence electrons. The van der Waals surface area contributed by atoms with Crippen molar-refractivity contribution in [2.24, 2.45) is 5.11 Å². The zero-order chi connectivity index (χ0) is 15.0. The molecule has 0 aliphatic carbocycles. The van der Waals surface area contributed by atoms with Crippen molar-refractivity contribution in [1.82, 2.24) is 5.32 Å². The Morgan fingerprint density at radius 3 is 2.55 bits per heavy atom. The number of azide groups is 1. The molecule has 1 N–H and O–H groups in total. The minimum absolute atomic E-state index is 0.0215. The topological polar surface area (TPSA) is 96.3 Å². The molecule has 0 fully saturated rings. The number of ether oxygens (including phenoxy) is 2. The SMILES string of the molecule is COC(=O)[C@@](C)(CN=[N+]=[N-])NCc1ccc(OC)cc1. The largest absolute Gasteiger partial charge is 0.497 e. The van der Waals surface area contributed by atoms with Gasteiger partial charge in [0.2, 0.25) is 0 Å². The first-order valence-electron chi connectivity index (χ1n) is 6.03. The van der Waals surface area contributed by atoms with Gasteiger partial charge in [0.1, 0.15) is 11.3 Å². The van der Waals surface area contributed by atoms with Crippen molar-refractivity contribution in [1.29, 1.82) is 0 Å². The van der Waals surface area contributed by atoms with Gasteiger partial charge in [-0.3, -0.25) is 10.1 Å². The quantitative estimate of drug-likeness (QED) is 0.357. The summed E-state index contributed by atoms with van der Waals surface area (Å²) in [6, 6.07) is 7.44. The molecule has 0 aromatic heterocycles. The molecular weight excluding hydrogens is 260 g/mol. The van der Waals surface area contributed by atoms with Crippen LogP contribution in [0.25, 0.3) is 10.4 Å². The lowest BCUT2D eigenvalue weighted by atomic mass is 10.0. The van der Waals surface area contributed by atoms with E-state index in [9.17, 15) is 4.79 Å². The maximum atomic E-state index is 11.8. The van der Waals surface area contributed by atoms with Crippen molar-refractivity contribution in [3.63, 3.8) is 0 Å². The summed E-state index contributed by atoms with van der Waals surface area (Å²) in [5.74, 6) is 0.289. The minimum Gasteiger partial charge on any atom is -0.497 e. The van der Waals surface area contributed by atoms with Gasteiger partial charge in [0.05, 0.1) is 20.8 Å². The fourth-order valence-corrected chi connectivity index (χ4v) is 1.63. The lowest BCUT2D eigenvalue weighted by molar-refractivity contribution is -0.147. The Bertz CT molecular complexity index is 497. The third-order valence-electron chi connectivity index (χ3n) is 2.93. The highest BCUT2D eigenvalue weighted by molar-refractivity contribution is 5.80. The number of benzene rings is 1. The second-order valence-electron chi connectivity index (χ2n) is 4.41. The molecule has 1 rings (SSSR count). The first-order valence-corrected chi connectivity index (χ1v) is 6.03. The van der Waals surface area contributed by atoms with E-state index in [1.54, 1.807) is 14.0 Å². The molecule has 0 amide bonds. The van der Waals surface area contributed by atoms with Crippen molar-refractivity contribution >= 4 is 5.97 Å². The fraction of sp³-hybridized carbons (Fsp3) is 0.462. The predicted octanol–water partition coefficient (Wildman–Crippen LogP) is 2.03. The van der Waals surface area contributed by atoms with Crippen LogP contribution in [-0.4, -0.2) is 32.3 Å². The molecule has 0 saturated heterocycles. The van der Waals surface area contributed by atoms with Gasteiger partial charge in [-0.1, -0.05) is 17.2 Å². The van der Waals surface area contributed by atoms with Gasteiger partial charge >= 0.3 is 5.97 Å². The van der Waals surface area contributed by atoms with Crippen LogP contribution in [0.4, 0.5) is 0 Å². The van der Waals surface area contributed by atoms with Crippen LogP contribution >= 0.6 is 0 Å². The maximum absolute atomic E-state index is 11.8. The molecule has 1 atom stereocenters. The molecule has 0 radical (unpaired) electrons. The third-order valence-corrected chi connectivity index (χ3v) is 2.93. The molecule has 0 bridgehead atoms. The molecule has 0 heterocycles. The number of carbonyl (C=O) groups excluding carboxylic acids is 1. The van der Waals surface area contributed by atoms with E-state index >= 15 is 0 Å². The summed E-state index contributed by atoms with van der Waals surface area (Å²) in [4.78, 5) is 14.4. The normalized spacial score (nSPS) is 12.9. The number of methoxy groups -OCH3 is 2. The first kappa shape index (κ1) is 15.8. The van der Waals surface area contributed by atoms with Gasteiger partial charge in [-0.05, 0) is 30.2 Å².